The molecule has 2 N–H and O–H groups in total. The fourth-order valence-electron chi connectivity index (χ4n) is 2.02. The lowest BCUT2D eigenvalue weighted by molar-refractivity contribution is 0.441. The number of benzene rings is 1. The number of phenols is 1. The van der Waals surface area contributed by atoms with E-state index in [2.05, 4.69) is 11.4 Å². The zero-order valence-corrected chi connectivity index (χ0v) is 7.88. The van der Waals surface area contributed by atoms with E-state index in [1.54, 1.807) is 6.07 Å². The average molecular weight is 177 g/mol. The minimum absolute atomic E-state index is 0.456. The summed E-state index contributed by atoms with van der Waals surface area (Å²) in [4.78, 5) is 0. The van der Waals surface area contributed by atoms with Crippen LogP contribution in [0.15, 0.2) is 18.2 Å². The normalized spacial score (nSPS) is 21.2. The van der Waals surface area contributed by atoms with Crippen LogP contribution in [-0.2, 0) is 12.8 Å². The van der Waals surface area contributed by atoms with Crippen molar-refractivity contribution in [3.05, 3.63) is 29.3 Å². The molecule has 0 aliphatic heterocycles. The summed E-state index contributed by atoms with van der Waals surface area (Å²) in [6, 6.07) is 6.34. The summed E-state index contributed by atoms with van der Waals surface area (Å²) >= 11 is 0. The van der Waals surface area contributed by atoms with Crippen molar-refractivity contribution < 1.29 is 5.11 Å². The molecule has 13 heavy (non-hydrogen) atoms. The number of hydrogen-bond donors (Lipinski definition) is 2. The molecule has 0 spiro atoms. The van der Waals surface area contributed by atoms with Crippen LogP contribution in [0, 0.1) is 0 Å². The first-order chi connectivity index (χ1) is 6.31. The van der Waals surface area contributed by atoms with Crippen LogP contribution < -0.4 is 5.32 Å². The van der Waals surface area contributed by atoms with E-state index in [-0.39, 0.29) is 0 Å². The quantitative estimate of drug-likeness (QED) is 0.681. The molecule has 1 unspecified atom stereocenters. The molecular weight excluding hydrogens is 162 g/mol. The van der Waals surface area contributed by atoms with Crippen molar-refractivity contribution in [1.82, 2.24) is 5.32 Å². The lowest BCUT2D eigenvalue weighted by atomic mass is 9.88. The van der Waals surface area contributed by atoms with Gasteiger partial charge in [0.2, 0.25) is 0 Å². The Hall–Kier alpha value is -1.02. The molecule has 0 amide bonds. The number of rotatable bonds is 1. The summed E-state index contributed by atoms with van der Waals surface area (Å²) in [6.45, 7) is 0. The van der Waals surface area contributed by atoms with Gasteiger partial charge in [-0.2, -0.15) is 0 Å². The maximum absolute atomic E-state index is 9.64. The number of aromatic hydroxyl groups is 1. The van der Waals surface area contributed by atoms with Crippen LogP contribution in [0.2, 0.25) is 0 Å². The van der Waals surface area contributed by atoms with Crippen LogP contribution in [0.5, 0.6) is 5.75 Å². The number of fused-ring (bicyclic) bond motifs is 1. The summed E-state index contributed by atoms with van der Waals surface area (Å²) in [6.07, 6.45) is 3.21. The van der Waals surface area contributed by atoms with Gasteiger partial charge in [-0.25, -0.2) is 0 Å². The lowest BCUT2D eigenvalue weighted by Crippen LogP contribution is -2.31. The van der Waals surface area contributed by atoms with Crippen LogP contribution in [-0.4, -0.2) is 18.2 Å². The summed E-state index contributed by atoms with van der Waals surface area (Å²) < 4.78 is 0. The van der Waals surface area contributed by atoms with Crippen LogP contribution >= 0.6 is 0 Å². The molecule has 0 heterocycles. The number of hydrogen-bond acceptors (Lipinski definition) is 2. The third kappa shape index (κ3) is 1.54. The molecule has 0 saturated carbocycles. The van der Waals surface area contributed by atoms with Gasteiger partial charge in [0.1, 0.15) is 5.75 Å². The summed E-state index contributed by atoms with van der Waals surface area (Å²) in [7, 11) is 1.98. The molecule has 0 saturated heterocycles. The summed E-state index contributed by atoms with van der Waals surface area (Å²) in [5, 5.41) is 12.9. The van der Waals surface area contributed by atoms with Gasteiger partial charge < -0.3 is 10.4 Å². The Balaban J connectivity index is 2.32. The SMILES string of the molecule is CNC1CCc2cccc(O)c2C1. The maximum Gasteiger partial charge on any atom is 0.119 e. The second-order valence-electron chi connectivity index (χ2n) is 3.64. The molecule has 1 aliphatic rings. The number of phenolic OH excluding ortho intramolecular Hbond substituents is 1. The molecule has 2 nitrogen and oxygen atoms in total. The number of nitrogens with one attached hydrogen (secondary N) is 1. The van der Waals surface area contributed by atoms with Crippen molar-refractivity contribution in [2.45, 2.75) is 25.3 Å². The molecule has 1 aromatic rings. The van der Waals surface area contributed by atoms with Crippen molar-refractivity contribution in [3.8, 4) is 5.75 Å². The third-order valence-electron chi connectivity index (χ3n) is 2.87. The van der Waals surface area contributed by atoms with E-state index in [1.807, 2.05) is 13.1 Å². The molecule has 0 fully saturated rings. The van der Waals surface area contributed by atoms with E-state index >= 15 is 0 Å². The van der Waals surface area contributed by atoms with Crippen molar-refractivity contribution in [2.75, 3.05) is 7.05 Å². The van der Waals surface area contributed by atoms with Crippen molar-refractivity contribution in [2.24, 2.45) is 0 Å². The minimum atomic E-state index is 0.456. The lowest BCUT2D eigenvalue weighted by Gasteiger charge is -2.24. The van der Waals surface area contributed by atoms with Crippen LogP contribution in [0.25, 0.3) is 0 Å². The topological polar surface area (TPSA) is 32.3 Å². The first kappa shape index (κ1) is 8.57. The predicted molar refractivity (Wildman–Crippen MR) is 53.0 cm³/mol. The molecule has 0 bridgehead atoms. The average Bonchev–Trinajstić information content (AvgIpc) is 2.18. The highest BCUT2D eigenvalue weighted by Crippen LogP contribution is 2.28. The molecule has 1 aliphatic carbocycles. The van der Waals surface area contributed by atoms with Gasteiger partial charge in [-0.1, -0.05) is 12.1 Å². The van der Waals surface area contributed by atoms with E-state index in [1.165, 1.54) is 12.0 Å². The molecule has 70 valence electrons. The highest BCUT2D eigenvalue weighted by atomic mass is 16.3. The van der Waals surface area contributed by atoms with E-state index in [4.69, 9.17) is 0 Å². The second kappa shape index (κ2) is 3.38. The minimum Gasteiger partial charge on any atom is -0.508 e. The summed E-state index contributed by atoms with van der Waals surface area (Å²) in [5.41, 5.74) is 2.44. The Bertz CT molecular complexity index is 309. The maximum atomic E-state index is 9.64. The van der Waals surface area contributed by atoms with Crippen molar-refractivity contribution in [3.63, 3.8) is 0 Å². The van der Waals surface area contributed by atoms with Gasteiger partial charge in [0, 0.05) is 6.04 Å². The van der Waals surface area contributed by atoms with E-state index in [0.29, 0.717) is 11.8 Å². The van der Waals surface area contributed by atoms with Crippen LogP contribution in [0.3, 0.4) is 0 Å². The third-order valence-corrected chi connectivity index (χ3v) is 2.87. The highest BCUT2D eigenvalue weighted by Gasteiger charge is 2.18. The molecule has 0 aromatic heterocycles. The zero-order valence-electron chi connectivity index (χ0n) is 7.88. The predicted octanol–water partition coefficient (Wildman–Crippen LogP) is 1.47. The van der Waals surface area contributed by atoms with Crippen molar-refractivity contribution >= 4 is 0 Å². The van der Waals surface area contributed by atoms with E-state index in [0.717, 1.165) is 18.4 Å². The largest absolute Gasteiger partial charge is 0.508 e. The Morgan fingerprint density at radius 2 is 2.31 bits per heavy atom. The van der Waals surface area contributed by atoms with Gasteiger partial charge in [0.05, 0.1) is 0 Å². The molecule has 1 atom stereocenters. The molecular formula is C11H15NO. The Morgan fingerprint density at radius 3 is 3.08 bits per heavy atom. The smallest absolute Gasteiger partial charge is 0.119 e. The van der Waals surface area contributed by atoms with Gasteiger partial charge in [-0.05, 0) is 43.5 Å². The van der Waals surface area contributed by atoms with Crippen LogP contribution in [0.1, 0.15) is 17.5 Å². The fourth-order valence-corrected chi connectivity index (χ4v) is 2.02. The first-order valence-corrected chi connectivity index (χ1v) is 4.78. The summed E-state index contributed by atoms with van der Waals surface area (Å²) in [5.74, 6) is 0.456. The van der Waals surface area contributed by atoms with Crippen molar-refractivity contribution in [1.29, 1.82) is 0 Å². The monoisotopic (exact) mass is 177 g/mol. The van der Waals surface area contributed by atoms with E-state index < -0.39 is 0 Å². The van der Waals surface area contributed by atoms with Gasteiger partial charge >= 0.3 is 0 Å². The highest BCUT2D eigenvalue weighted by molar-refractivity contribution is 5.41. The molecule has 0 radical (unpaired) electrons. The van der Waals surface area contributed by atoms with Gasteiger partial charge in [0.15, 0.2) is 0 Å². The molecule has 2 rings (SSSR count). The Morgan fingerprint density at radius 1 is 1.46 bits per heavy atom. The van der Waals surface area contributed by atoms with Gasteiger partial charge in [-0.3, -0.25) is 0 Å². The fraction of sp³-hybridized carbons (Fsp3) is 0.455. The molecule has 1 aromatic carbocycles. The Labute approximate surface area is 78.6 Å². The first-order valence-electron chi connectivity index (χ1n) is 4.78. The standard InChI is InChI=1S/C11H15NO/c1-12-9-6-5-8-3-2-4-11(13)10(8)7-9/h2-4,9,12-13H,5-7H2,1H3. The van der Waals surface area contributed by atoms with E-state index in [9.17, 15) is 5.11 Å². The number of likely N-dealkylation sites (N-methyl/N-ethyl adjacent to an activating group) is 1. The second-order valence-corrected chi connectivity index (χ2v) is 3.64. The van der Waals surface area contributed by atoms with Gasteiger partial charge in [-0.15, -0.1) is 0 Å². The Kier molecular flexibility index (Phi) is 2.23. The number of aryl methyl sites for hydroxylation is 1. The van der Waals surface area contributed by atoms with Gasteiger partial charge in [0.25, 0.3) is 0 Å². The molecule has 2 heteroatoms. The van der Waals surface area contributed by atoms with Crippen LogP contribution in [0.4, 0.5) is 0 Å². The zero-order chi connectivity index (χ0) is 9.26.